The Morgan fingerprint density at radius 1 is 1.52 bits per heavy atom. The molecule has 0 saturated carbocycles. The highest BCUT2D eigenvalue weighted by Gasteiger charge is 2.29. The predicted molar refractivity (Wildman–Crippen MR) is 81.6 cm³/mol. The van der Waals surface area contributed by atoms with Crippen LogP contribution in [0.2, 0.25) is 0 Å². The van der Waals surface area contributed by atoms with Gasteiger partial charge in [0.1, 0.15) is 23.7 Å². The average molecular weight is 318 g/mol. The molecule has 1 amide bonds. The minimum absolute atomic E-state index is 0.194. The summed E-state index contributed by atoms with van der Waals surface area (Å²) < 4.78 is 20.7. The lowest BCUT2D eigenvalue weighted by Gasteiger charge is -2.13. The second kappa shape index (κ2) is 6.36. The van der Waals surface area contributed by atoms with Gasteiger partial charge in [-0.15, -0.1) is 10.2 Å². The Balaban J connectivity index is 1.52. The number of carbonyl (C=O) groups is 1. The van der Waals surface area contributed by atoms with Crippen molar-refractivity contribution in [1.29, 1.82) is 0 Å². The number of benzene rings is 1. The van der Waals surface area contributed by atoms with Gasteiger partial charge in [-0.1, -0.05) is 13.8 Å². The van der Waals surface area contributed by atoms with Gasteiger partial charge in [0.15, 0.2) is 6.10 Å². The molecular formula is C16H19FN4O2. The van der Waals surface area contributed by atoms with Gasteiger partial charge in [-0.3, -0.25) is 4.79 Å². The Bertz CT molecular complexity index is 714. The van der Waals surface area contributed by atoms with Gasteiger partial charge in [-0.05, 0) is 18.2 Å². The molecule has 0 aliphatic carbocycles. The van der Waals surface area contributed by atoms with E-state index in [2.05, 4.69) is 15.5 Å². The third-order valence-electron chi connectivity index (χ3n) is 3.80. The Kier molecular flexibility index (Phi) is 4.27. The quantitative estimate of drug-likeness (QED) is 0.910. The lowest BCUT2D eigenvalue weighted by atomic mass is 10.1. The first-order valence-corrected chi connectivity index (χ1v) is 7.65. The summed E-state index contributed by atoms with van der Waals surface area (Å²) in [4.78, 5) is 12.2. The molecule has 0 radical (unpaired) electrons. The first-order valence-electron chi connectivity index (χ1n) is 7.65. The zero-order chi connectivity index (χ0) is 16.4. The summed E-state index contributed by atoms with van der Waals surface area (Å²) in [5.41, 5.74) is 0.728. The van der Waals surface area contributed by atoms with Crippen molar-refractivity contribution in [3.05, 3.63) is 41.7 Å². The molecule has 3 rings (SSSR count). The fourth-order valence-corrected chi connectivity index (χ4v) is 2.66. The molecule has 23 heavy (non-hydrogen) atoms. The van der Waals surface area contributed by atoms with Crippen LogP contribution in [0.3, 0.4) is 0 Å². The van der Waals surface area contributed by atoms with Gasteiger partial charge < -0.3 is 14.6 Å². The van der Waals surface area contributed by atoms with E-state index >= 15 is 0 Å². The maximum absolute atomic E-state index is 13.2. The number of amides is 1. The van der Waals surface area contributed by atoms with Crippen LogP contribution < -0.4 is 10.1 Å². The monoisotopic (exact) mass is 318 g/mol. The predicted octanol–water partition coefficient (Wildman–Crippen LogP) is 1.66. The van der Waals surface area contributed by atoms with Crippen molar-refractivity contribution in [3.63, 3.8) is 0 Å². The van der Waals surface area contributed by atoms with E-state index in [-0.39, 0.29) is 17.6 Å². The summed E-state index contributed by atoms with van der Waals surface area (Å²) in [6.07, 6.45) is 1.45. The molecule has 6 nitrogen and oxygen atoms in total. The molecule has 2 heterocycles. The molecule has 0 fully saturated rings. The summed E-state index contributed by atoms with van der Waals surface area (Å²) in [6.45, 7) is 5.14. The number of rotatable bonds is 5. The van der Waals surface area contributed by atoms with E-state index < -0.39 is 6.10 Å². The van der Waals surface area contributed by atoms with Gasteiger partial charge in [0.05, 0.1) is 0 Å². The summed E-state index contributed by atoms with van der Waals surface area (Å²) in [5.74, 6) is 1.23. The van der Waals surface area contributed by atoms with E-state index in [1.54, 1.807) is 12.4 Å². The van der Waals surface area contributed by atoms with Crippen LogP contribution in [0.4, 0.5) is 4.39 Å². The van der Waals surface area contributed by atoms with Crippen LogP contribution in [0.5, 0.6) is 5.75 Å². The van der Waals surface area contributed by atoms with E-state index in [0.29, 0.717) is 25.3 Å². The van der Waals surface area contributed by atoms with Crippen LogP contribution in [-0.4, -0.2) is 33.3 Å². The molecule has 122 valence electrons. The van der Waals surface area contributed by atoms with Crippen molar-refractivity contribution in [2.75, 3.05) is 6.54 Å². The molecule has 2 aromatic rings. The third kappa shape index (κ3) is 3.33. The van der Waals surface area contributed by atoms with Crippen molar-refractivity contribution in [3.8, 4) is 5.75 Å². The normalized spacial score (nSPS) is 16.3. The number of ether oxygens (including phenoxy) is 1. The van der Waals surface area contributed by atoms with Crippen LogP contribution in [0.25, 0.3) is 0 Å². The number of carbonyl (C=O) groups excluding carboxylic acids is 1. The van der Waals surface area contributed by atoms with Crippen LogP contribution in [0, 0.1) is 5.82 Å². The third-order valence-corrected chi connectivity index (χ3v) is 3.80. The molecule has 0 saturated heterocycles. The number of hydrogen-bond acceptors (Lipinski definition) is 4. The topological polar surface area (TPSA) is 69.0 Å². The maximum atomic E-state index is 13.2. The SMILES string of the molecule is CC(C)c1nncn1CCNC(=O)C1Cc2cc(F)ccc2O1. The zero-order valence-electron chi connectivity index (χ0n) is 13.1. The number of halogens is 1. The molecule has 1 atom stereocenters. The van der Waals surface area contributed by atoms with Crippen molar-refractivity contribution < 1.29 is 13.9 Å². The Hall–Kier alpha value is -2.44. The molecule has 1 N–H and O–H groups in total. The molecule has 1 aromatic carbocycles. The highest BCUT2D eigenvalue weighted by Crippen LogP contribution is 2.29. The van der Waals surface area contributed by atoms with E-state index in [1.165, 1.54) is 12.1 Å². The van der Waals surface area contributed by atoms with Crippen LogP contribution in [0.1, 0.15) is 31.2 Å². The molecule has 0 spiro atoms. The summed E-state index contributed by atoms with van der Waals surface area (Å²) in [6, 6.07) is 4.30. The standard InChI is InChI=1S/C16H19FN4O2/c1-10(2)15-20-19-9-21(15)6-5-18-16(22)14-8-11-7-12(17)3-4-13(11)23-14/h3-4,7,9-10,14H,5-6,8H2,1-2H3,(H,18,22). The minimum atomic E-state index is -0.600. The minimum Gasteiger partial charge on any atom is -0.480 e. The van der Waals surface area contributed by atoms with Crippen molar-refractivity contribution in [2.45, 2.75) is 38.8 Å². The zero-order valence-corrected chi connectivity index (χ0v) is 13.1. The Morgan fingerprint density at radius 2 is 2.35 bits per heavy atom. The highest BCUT2D eigenvalue weighted by molar-refractivity contribution is 5.82. The average Bonchev–Trinajstić information content (AvgIpc) is 3.12. The van der Waals surface area contributed by atoms with Crippen LogP contribution in [0.15, 0.2) is 24.5 Å². The van der Waals surface area contributed by atoms with Gasteiger partial charge in [0, 0.05) is 31.0 Å². The number of hydrogen-bond donors (Lipinski definition) is 1. The van der Waals surface area contributed by atoms with E-state index in [4.69, 9.17) is 4.74 Å². The first-order chi connectivity index (χ1) is 11.0. The number of aromatic nitrogens is 3. The first kappa shape index (κ1) is 15.5. The Labute approximate surface area is 133 Å². The molecule has 0 bridgehead atoms. The van der Waals surface area contributed by atoms with E-state index in [1.807, 2.05) is 18.4 Å². The van der Waals surface area contributed by atoms with Crippen LogP contribution >= 0.6 is 0 Å². The molecule has 1 aliphatic rings. The fourth-order valence-electron chi connectivity index (χ4n) is 2.66. The number of nitrogens with zero attached hydrogens (tertiary/aromatic N) is 3. The highest BCUT2D eigenvalue weighted by atomic mass is 19.1. The lowest BCUT2D eigenvalue weighted by molar-refractivity contribution is -0.127. The Morgan fingerprint density at radius 3 is 3.13 bits per heavy atom. The van der Waals surface area contributed by atoms with Crippen molar-refractivity contribution in [2.24, 2.45) is 0 Å². The fraction of sp³-hybridized carbons (Fsp3) is 0.438. The van der Waals surface area contributed by atoms with Gasteiger partial charge in [-0.25, -0.2) is 4.39 Å². The number of nitrogens with one attached hydrogen (secondary N) is 1. The largest absolute Gasteiger partial charge is 0.480 e. The summed E-state index contributed by atoms with van der Waals surface area (Å²) in [7, 11) is 0. The van der Waals surface area contributed by atoms with E-state index in [9.17, 15) is 9.18 Å². The van der Waals surface area contributed by atoms with Crippen LogP contribution in [-0.2, 0) is 17.8 Å². The maximum Gasteiger partial charge on any atom is 0.261 e. The lowest BCUT2D eigenvalue weighted by Crippen LogP contribution is -2.39. The smallest absolute Gasteiger partial charge is 0.261 e. The summed E-state index contributed by atoms with van der Waals surface area (Å²) in [5, 5.41) is 10.8. The molecule has 1 aromatic heterocycles. The molecule has 1 aliphatic heterocycles. The van der Waals surface area contributed by atoms with Gasteiger partial charge in [0.2, 0.25) is 0 Å². The second-order valence-corrected chi connectivity index (χ2v) is 5.89. The molecule has 1 unspecified atom stereocenters. The van der Waals surface area contributed by atoms with Gasteiger partial charge in [0.25, 0.3) is 5.91 Å². The van der Waals surface area contributed by atoms with Crippen molar-refractivity contribution >= 4 is 5.91 Å². The second-order valence-electron chi connectivity index (χ2n) is 5.89. The van der Waals surface area contributed by atoms with E-state index in [0.717, 1.165) is 11.4 Å². The van der Waals surface area contributed by atoms with Crippen molar-refractivity contribution in [1.82, 2.24) is 20.1 Å². The van der Waals surface area contributed by atoms with Gasteiger partial charge in [-0.2, -0.15) is 0 Å². The summed E-state index contributed by atoms with van der Waals surface area (Å²) >= 11 is 0. The molecular weight excluding hydrogens is 299 g/mol. The molecule has 7 heteroatoms. The van der Waals surface area contributed by atoms with Gasteiger partial charge >= 0.3 is 0 Å². The number of fused-ring (bicyclic) bond motifs is 1.